The molecule has 0 saturated carbocycles. The van der Waals surface area contributed by atoms with Crippen LogP contribution in [-0.4, -0.2) is 23.7 Å². The molecule has 2 atom stereocenters. The monoisotopic (exact) mass is 253 g/mol. The first kappa shape index (κ1) is 12.2. The summed E-state index contributed by atoms with van der Waals surface area (Å²) >= 11 is 5.98. The van der Waals surface area contributed by atoms with Crippen molar-refractivity contribution in [2.75, 3.05) is 11.4 Å². The van der Waals surface area contributed by atoms with Gasteiger partial charge >= 0.3 is 5.97 Å². The van der Waals surface area contributed by atoms with Crippen LogP contribution >= 0.6 is 11.6 Å². The summed E-state index contributed by atoms with van der Waals surface area (Å²) in [6.45, 7) is 5.19. The minimum atomic E-state index is -0.961. The van der Waals surface area contributed by atoms with Crippen LogP contribution in [0.15, 0.2) is 18.2 Å². The molecule has 4 heteroatoms. The molecule has 0 amide bonds. The summed E-state index contributed by atoms with van der Waals surface area (Å²) in [5, 5.41) is 9.56. The normalized spacial score (nSPS) is 24.1. The maximum absolute atomic E-state index is 11.3. The van der Waals surface area contributed by atoms with Crippen molar-refractivity contribution in [2.24, 2.45) is 5.92 Å². The highest BCUT2D eigenvalue weighted by Crippen LogP contribution is 2.34. The van der Waals surface area contributed by atoms with Gasteiger partial charge in [-0.05, 0) is 31.4 Å². The highest BCUT2D eigenvalue weighted by atomic mass is 35.5. The molecule has 0 radical (unpaired) electrons. The smallest absolute Gasteiger partial charge is 0.339 e. The van der Waals surface area contributed by atoms with Crippen LogP contribution in [0.3, 0.4) is 0 Å². The first-order valence-electron chi connectivity index (χ1n) is 5.79. The summed E-state index contributed by atoms with van der Waals surface area (Å²) in [6.07, 6.45) is 1.09. The molecule has 17 heavy (non-hydrogen) atoms. The third kappa shape index (κ3) is 2.25. The molecule has 3 nitrogen and oxygen atoms in total. The predicted molar refractivity (Wildman–Crippen MR) is 69.0 cm³/mol. The molecule has 2 rings (SSSR count). The third-order valence-corrected chi connectivity index (χ3v) is 3.61. The minimum absolute atomic E-state index is 0.218. The lowest BCUT2D eigenvalue weighted by Crippen LogP contribution is -2.28. The Morgan fingerprint density at radius 3 is 2.71 bits per heavy atom. The fourth-order valence-electron chi connectivity index (χ4n) is 2.60. The van der Waals surface area contributed by atoms with Crippen molar-refractivity contribution < 1.29 is 9.90 Å². The Morgan fingerprint density at radius 2 is 2.18 bits per heavy atom. The standard InChI is InChI=1S/C13H16ClNO2/c1-8-6-9(2)15(7-8)11-5-3-4-10(14)12(11)13(16)17/h3-5,8-9H,6-7H2,1-2H3,(H,16,17). The molecule has 1 aliphatic rings. The van der Waals surface area contributed by atoms with Crippen LogP contribution in [0.1, 0.15) is 30.6 Å². The number of nitrogens with zero attached hydrogens (tertiary/aromatic N) is 1. The number of rotatable bonds is 2. The molecular formula is C13H16ClNO2. The van der Waals surface area contributed by atoms with E-state index < -0.39 is 5.97 Å². The van der Waals surface area contributed by atoms with Crippen molar-refractivity contribution in [3.8, 4) is 0 Å². The van der Waals surface area contributed by atoms with Crippen molar-refractivity contribution in [3.63, 3.8) is 0 Å². The van der Waals surface area contributed by atoms with E-state index in [1.54, 1.807) is 12.1 Å². The lowest BCUT2D eigenvalue weighted by molar-refractivity contribution is 0.0697. The van der Waals surface area contributed by atoms with Crippen LogP contribution in [-0.2, 0) is 0 Å². The molecule has 0 spiro atoms. The second kappa shape index (κ2) is 4.57. The average Bonchev–Trinajstić information content (AvgIpc) is 2.56. The van der Waals surface area contributed by atoms with Crippen LogP contribution in [0.5, 0.6) is 0 Å². The first-order valence-corrected chi connectivity index (χ1v) is 6.17. The summed E-state index contributed by atoms with van der Waals surface area (Å²) < 4.78 is 0. The van der Waals surface area contributed by atoms with E-state index in [1.165, 1.54) is 0 Å². The highest BCUT2D eigenvalue weighted by Gasteiger charge is 2.29. The van der Waals surface area contributed by atoms with E-state index in [0.717, 1.165) is 18.7 Å². The Hall–Kier alpha value is -1.22. The van der Waals surface area contributed by atoms with E-state index in [2.05, 4.69) is 18.7 Å². The van der Waals surface area contributed by atoms with Gasteiger partial charge in [-0.2, -0.15) is 0 Å². The molecule has 0 aromatic heterocycles. The van der Waals surface area contributed by atoms with Crippen molar-refractivity contribution in [2.45, 2.75) is 26.3 Å². The molecule has 1 aromatic carbocycles. The predicted octanol–water partition coefficient (Wildman–Crippen LogP) is 3.27. The van der Waals surface area contributed by atoms with Gasteiger partial charge in [0, 0.05) is 12.6 Å². The number of anilines is 1. The van der Waals surface area contributed by atoms with Gasteiger partial charge in [-0.25, -0.2) is 4.79 Å². The minimum Gasteiger partial charge on any atom is -0.478 e. The van der Waals surface area contributed by atoms with E-state index >= 15 is 0 Å². The molecule has 0 aliphatic carbocycles. The topological polar surface area (TPSA) is 40.5 Å². The number of aromatic carboxylic acids is 1. The Balaban J connectivity index is 2.45. The molecule has 1 fully saturated rings. The highest BCUT2D eigenvalue weighted by molar-refractivity contribution is 6.34. The number of halogens is 1. The molecule has 1 saturated heterocycles. The zero-order chi connectivity index (χ0) is 12.6. The number of hydrogen-bond donors (Lipinski definition) is 1. The lowest BCUT2D eigenvalue weighted by Gasteiger charge is -2.25. The van der Waals surface area contributed by atoms with Gasteiger partial charge < -0.3 is 10.0 Å². The molecule has 1 N–H and O–H groups in total. The van der Waals surface area contributed by atoms with E-state index in [-0.39, 0.29) is 5.56 Å². The number of carboxylic acids is 1. The summed E-state index contributed by atoms with van der Waals surface area (Å²) in [5.41, 5.74) is 0.956. The lowest BCUT2D eigenvalue weighted by atomic mass is 10.1. The second-order valence-corrected chi connectivity index (χ2v) is 5.19. The molecule has 2 unspecified atom stereocenters. The fourth-order valence-corrected chi connectivity index (χ4v) is 2.85. The van der Waals surface area contributed by atoms with Crippen LogP contribution in [0.25, 0.3) is 0 Å². The van der Waals surface area contributed by atoms with E-state index in [0.29, 0.717) is 17.0 Å². The van der Waals surface area contributed by atoms with Gasteiger partial charge in [-0.1, -0.05) is 24.6 Å². The second-order valence-electron chi connectivity index (χ2n) is 4.78. The van der Waals surface area contributed by atoms with Gasteiger partial charge in [0.2, 0.25) is 0 Å². The number of carboxylic acid groups (broad SMARTS) is 1. The summed E-state index contributed by atoms with van der Waals surface area (Å²) in [4.78, 5) is 13.4. The fraction of sp³-hybridized carbons (Fsp3) is 0.462. The van der Waals surface area contributed by atoms with E-state index in [9.17, 15) is 9.90 Å². The first-order chi connectivity index (χ1) is 8.00. The Bertz CT molecular complexity index is 447. The van der Waals surface area contributed by atoms with Crippen LogP contribution in [0.4, 0.5) is 5.69 Å². The van der Waals surface area contributed by atoms with Gasteiger partial charge in [0.15, 0.2) is 0 Å². The zero-order valence-corrected chi connectivity index (χ0v) is 10.7. The summed E-state index contributed by atoms with van der Waals surface area (Å²) in [7, 11) is 0. The van der Waals surface area contributed by atoms with Crippen LogP contribution < -0.4 is 4.90 Å². The van der Waals surface area contributed by atoms with Gasteiger partial charge in [0.05, 0.1) is 10.7 Å². The number of carbonyl (C=O) groups is 1. The van der Waals surface area contributed by atoms with E-state index in [4.69, 9.17) is 11.6 Å². The van der Waals surface area contributed by atoms with E-state index in [1.807, 2.05) is 6.07 Å². The van der Waals surface area contributed by atoms with Crippen LogP contribution in [0.2, 0.25) is 5.02 Å². The number of benzene rings is 1. The molecule has 0 bridgehead atoms. The Kier molecular flexibility index (Phi) is 3.29. The van der Waals surface area contributed by atoms with Crippen molar-refractivity contribution in [1.29, 1.82) is 0 Å². The SMILES string of the molecule is CC1CC(C)N(c2cccc(Cl)c2C(=O)O)C1. The van der Waals surface area contributed by atoms with Crippen molar-refractivity contribution in [3.05, 3.63) is 28.8 Å². The zero-order valence-electron chi connectivity index (χ0n) is 9.98. The van der Waals surface area contributed by atoms with Crippen molar-refractivity contribution in [1.82, 2.24) is 0 Å². The van der Waals surface area contributed by atoms with Gasteiger partial charge in [0.1, 0.15) is 5.56 Å². The molecule has 1 aliphatic heterocycles. The molecule has 1 aromatic rings. The average molecular weight is 254 g/mol. The Morgan fingerprint density at radius 1 is 1.47 bits per heavy atom. The molecule has 92 valence electrons. The maximum atomic E-state index is 11.3. The third-order valence-electron chi connectivity index (χ3n) is 3.30. The summed E-state index contributed by atoms with van der Waals surface area (Å²) in [5.74, 6) is -0.372. The van der Waals surface area contributed by atoms with Gasteiger partial charge in [-0.15, -0.1) is 0 Å². The Labute approximate surface area is 106 Å². The van der Waals surface area contributed by atoms with Crippen molar-refractivity contribution >= 4 is 23.3 Å². The summed E-state index contributed by atoms with van der Waals surface area (Å²) in [6, 6.07) is 5.63. The maximum Gasteiger partial charge on any atom is 0.339 e. The van der Waals surface area contributed by atoms with Gasteiger partial charge in [0.25, 0.3) is 0 Å². The van der Waals surface area contributed by atoms with Gasteiger partial charge in [-0.3, -0.25) is 0 Å². The number of hydrogen-bond acceptors (Lipinski definition) is 2. The largest absolute Gasteiger partial charge is 0.478 e. The molecular weight excluding hydrogens is 238 g/mol. The molecule has 1 heterocycles. The van der Waals surface area contributed by atoms with Crippen LogP contribution in [0, 0.1) is 5.92 Å². The quantitative estimate of drug-likeness (QED) is 0.879.